The maximum Gasteiger partial charge on any atom is 0.356 e. The highest BCUT2D eigenvalue weighted by Gasteiger charge is 2.04. The van der Waals surface area contributed by atoms with Gasteiger partial charge in [0.25, 0.3) is 0 Å². The largest absolute Gasteiger partial charge is 0.476 e. The molecule has 0 unspecified atom stereocenters. The van der Waals surface area contributed by atoms with E-state index in [1.807, 2.05) is 0 Å². The lowest BCUT2D eigenvalue weighted by molar-refractivity contribution is 0.0689. The molecule has 1 aromatic rings. The zero-order valence-electron chi connectivity index (χ0n) is 6.40. The van der Waals surface area contributed by atoms with E-state index in [9.17, 15) is 4.79 Å². The summed E-state index contributed by atoms with van der Waals surface area (Å²) in [5.74, 6) is -1.06. The second-order valence-corrected chi connectivity index (χ2v) is 2.19. The van der Waals surface area contributed by atoms with Gasteiger partial charge in [-0.05, 0) is 0 Å². The van der Waals surface area contributed by atoms with E-state index in [4.69, 9.17) is 5.11 Å². The minimum atomic E-state index is -1.06. The summed E-state index contributed by atoms with van der Waals surface area (Å²) in [6.07, 6.45) is 4.92. The van der Waals surface area contributed by atoms with Crippen LogP contribution in [-0.4, -0.2) is 21.0 Å². The standard InChI is InChI=1S/C8H8N2O2/c1-2-3-6-4-9-5-7(10-6)8(11)12/h2,4-5H,1,3H2,(H,11,12). The third-order valence-corrected chi connectivity index (χ3v) is 1.26. The number of aromatic carboxylic acids is 1. The topological polar surface area (TPSA) is 63.1 Å². The number of aromatic nitrogens is 2. The number of carboxylic acids is 1. The molecular formula is C8H8N2O2. The first-order valence-electron chi connectivity index (χ1n) is 3.39. The Morgan fingerprint density at radius 2 is 2.42 bits per heavy atom. The monoisotopic (exact) mass is 164 g/mol. The lowest BCUT2D eigenvalue weighted by Crippen LogP contribution is -2.03. The molecule has 1 rings (SSSR count). The maximum atomic E-state index is 10.4. The van der Waals surface area contributed by atoms with Gasteiger partial charge in [-0.15, -0.1) is 6.58 Å². The molecule has 0 aliphatic rings. The van der Waals surface area contributed by atoms with Crippen LogP contribution in [0.3, 0.4) is 0 Å². The van der Waals surface area contributed by atoms with Crippen LogP contribution in [0.1, 0.15) is 16.2 Å². The van der Waals surface area contributed by atoms with E-state index >= 15 is 0 Å². The van der Waals surface area contributed by atoms with Gasteiger partial charge in [0.05, 0.1) is 11.9 Å². The van der Waals surface area contributed by atoms with Gasteiger partial charge in [-0.3, -0.25) is 4.98 Å². The molecule has 0 saturated carbocycles. The molecule has 0 aromatic carbocycles. The van der Waals surface area contributed by atoms with Gasteiger partial charge in [0.1, 0.15) is 0 Å². The van der Waals surface area contributed by atoms with Gasteiger partial charge in [0.15, 0.2) is 5.69 Å². The lowest BCUT2D eigenvalue weighted by Gasteiger charge is -1.95. The van der Waals surface area contributed by atoms with Crippen LogP contribution in [0, 0.1) is 0 Å². The summed E-state index contributed by atoms with van der Waals surface area (Å²) in [4.78, 5) is 18.0. The van der Waals surface area contributed by atoms with Crippen LogP contribution < -0.4 is 0 Å². The van der Waals surface area contributed by atoms with Crippen molar-refractivity contribution in [3.63, 3.8) is 0 Å². The van der Waals surface area contributed by atoms with E-state index in [1.165, 1.54) is 12.4 Å². The van der Waals surface area contributed by atoms with Gasteiger partial charge in [-0.2, -0.15) is 0 Å². The Morgan fingerprint density at radius 3 is 3.00 bits per heavy atom. The first-order valence-corrected chi connectivity index (χ1v) is 3.39. The van der Waals surface area contributed by atoms with Gasteiger partial charge in [0.2, 0.25) is 0 Å². The number of rotatable bonds is 3. The van der Waals surface area contributed by atoms with Gasteiger partial charge in [-0.1, -0.05) is 6.08 Å². The first-order chi connectivity index (χ1) is 5.74. The highest BCUT2D eigenvalue weighted by atomic mass is 16.4. The van der Waals surface area contributed by atoms with Crippen molar-refractivity contribution in [1.29, 1.82) is 0 Å². The van der Waals surface area contributed by atoms with Gasteiger partial charge >= 0.3 is 5.97 Å². The van der Waals surface area contributed by atoms with E-state index in [2.05, 4.69) is 16.5 Å². The third-order valence-electron chi connectivity index (χ3n) is 1.26. The lowest BCUT2D eigenvalue weighted by atomic mass is 10.3. The van der Waals surface area contributed by atoms with Crippen molar-refractivity contribution in [3.8, 4) is 0 Å². The molecule has 0 radical (unpaired) electrons. The quantitative estimate of drug-likeness (QED) is 0.674. The minimum Gasteiger partial charge on any atom is -0.476 e. The molecule has 1 N–H and O–H groups in total. The molecule has 4 nitrogen and oxygen atoms in total. The molecule has 1 heterocycles. The van der Waals surface area contributed by atoms with E-state index in [-0.39, 0.29) is 5.69 Å². The minimum absolute atomic E-state index is 0.0330. The molecule has 4 heteroatoms. The number of nitrogens with zero attached hydrogens (tertiary/aromatic N) is 2. The van der Waals surface area contributed by atoms with Crippen LogP contribution in [0.2, 0.25) is 0 Å². The second-order valence-electron chi connectivity index (χ2n) is 2.19. The molecule has 62 valence electrons. The van der Waals surface area contributed by atoms with Crippen LogP contribution in [0.4, 0.5) is 0 Å². The number of hydrogen-bond donors (Lipinski definition) is 1. The second kappa shape index (κ2) is 3.61. The molecule has 0 fully saturated rings. The first kappa shape index (κ1) is 8.39. The fourth-order valence-electron chi connectivity index (χ4n) is 0.756. The van der Waals surface area contributed by atoms with E-state index in [0.29, 0.717) is 12.1 Å². The Kier molecular flexibility index (Phi) is 2.53. The summed E-state index contributed by atoms with van der Waals surface area (Å²) >= 11 is 0. The van der Waals surface area contributed by atoms with Crippen LogP contribution in [-0.2, 0) is 6.42 Å². The van der Waals surface area contributed by atoms with E-state index in [1.54, 1.807) is 6.08 Å². The summed E-state index contributed by atoms with van der Waals surface area (Å²) < 4.78 is 0. The SMILES string of the molecule is C=CCc1cncc(C(=O)O)n1. The molecule has 0 saturated heterocycles. The average Bonchev–Trinajstić information content (AvgIpc) is 2.05. The smallest absolute Gasteiger partial charge is 0.356 e. The molecule has 0 atom stereocenters. The van der Waals surface area contributed by atoms with Crippen LogP contribution >= 0.6 is 0 Å². The summed E-state index contributed by atoms with van der Waals surface area (Å²) in [5.41, 5.74) is 0.583. The number of hydrogen-bond acceptors (Lipinski definition) is 3. The van der Waals surface area contributed by atoms with Crippen molar-refractivity contribution in [1.82, 2.24) is 9.97 Å². The molecule has 0 aliphatic heterocycles. The number of allylic oxidation sites excluding steroid dienone is 1. The third kappa shape index (κ3) is 1.88. The Bertz CT molecular complexity index is 310. The molecule has 1 aromatic heterocycles. The molecule has 0 aliphatic carbocycles. The van der Waals surface area contributed by atoms with Crippen molar-refractivity contribution in [2.24, 2.45) is 0 Å². The Balaban J connectivity index is 2.95. The predicted molar refractivity (Wildman–Crippen MR) is 42.9 cm³/mol. The maximum absolute atomic E-state index is 10.4. The van der Waals surface area contributed by atoms with Crippen molar-refractivity contribution < 1.29 is 9.90 Å². The molecule has 0 bridgehead atoms. The van der Waals surface area contributed by atoms with Crippen LogP contribution in [0.15, 0.2) is 25.0 Å². The number of carbonyl (C=O) groups is 1. The zero-order valence-corrected chi connectivity index (χ0v) is 6.40. The Morgan fingerprint density at radius 1 is 1.67 bits per heavy atom. The van der Waals surface area contributed by atoms with Crippen molar-refractivity contribution in [2.75, 3.05) is 0 Å². The highest BCUT2D eigenvalue weighted by molar-refractivity contribution is 5.84. The zero-order chi connectivity index (χ0) is 8.97. The van der Waals surface area contributed by atoms with Gasteiger partial charge in [0, 0.05) is 12.6 Å². The van der Waals surface area contributed by atoms with Crippen molar-refractivity contribution >= 4 is 5.97 Å². The van der Waals surface area contributed by atoms with E-state index in [0.717, 1.165) is 0 Å². The molecular weight excluding hydrogens is 156 g/mol. The number of carboxylic acid groups (broad SMARTS) is 1. The summed E-state index contributed by atoms with van der Waals surface area (Å²) in [6, 6.07) is 0. The normalized spacial score (nSPS) is 9.33. The fourth-order valence-corrected chi connectivity index (χ4v) is 0.756. The van der Waals surface area contributed by atoms with Gasteiger partial charge in [-0.25, -0.2) is 9.78 Å². The summed E-state index contributed by atoms with van der Waals surface area (Å²) in [6.45, 7) is 3.52. The fraction of sp³-hybridized carbons (Fsp3) is 0.125. The summed E-state index contributed by atoms with van der Waals surface area (Å²) in [7, 11) is 0. The van der Waals surface area contributed by atoms with Gasteiger partial charge < -0.3 is 5.11 Å². The highest BCUT2D eigenvalue weighted by Crippen LogP contribution is 1.97. The Labute approximate surface area is 69.6 Å². The summed E-state index contributed by atoms with van der Waals surface area (Å²) in [5, 5.41) is 8.55. The average molecular weight is 164 g/mol. The van der Waals surface area contributed by atoms with Crippen LogP contribution in [0.25, 0.3) is 0 Å². The van der Waals surface area contributed by atoms with E-state index < -0.39 is 5.97 Å². The molecule has 0 amide bonds. The predicted octanol–water partition coefficient (Wildman–Crippen LogP) is 0.903. The van der Waals surface area contributed by atoms with Crippen molar-refractivity contribution in [3.05, 3.63) is 36.4 Å². The Hall–Kier alpha value is -1.71. The molecule has 0 spiro atoms. The van der Waals surface area contributed by atoms with Crippen molar-refractivity contribution in [2.45, 2.75) is 6.42 Å². The molecule has 12 heavy (non-hydrogen) atoms. The van der Waals surface area contributed by atoms with Crippen LogP contribution in [0.5, 0.6) is 0 Å².